The van der Waals surface area contributed by atoms with Crippen LogP contribution in [0.2, 0.25) is 0 Å². The zero-order chi connectivity index (χ0) is 21.8. The number of hydrogen-bond acceptors (Lipinski definition) is 6. The van der Waals surface area contributed by atoms with E-state index < -0.39 is 0 Å². The second-order valence-corrected chi connectivity index (χ2v) is 7.92. The SMILES string of the molecule is Cc1nc(-n2nc(-c3ccco3)cc2NC(=O)CSCc2ccccc2)[nH]c(=O)c1C. The number of thioether (sulfide) groups is 1. The van der Waals surface area contributed by atoms with E-state index in [2.05, 4.69) is 20.4 Å². The first-order valence-corrected chi connectivity index (χ1v) is 10.8. The number of hydrogen-bond donors (Lipinski definition) is 2. The van der Waals surface area contributed by atoms with Crippen LogP contribution in [0.3, 0.4) is 0 Å². The van der Waals surface area contributed by atoms with Crippen LogP contribution in [0, 0.1) is 13.8 Å². The molecule has 8 nitrogen and oxygen atoms in total. The smallest absolute Gasteiger partial charge is 0.255 e. The van der Waals surface area contributed by atoms with Gasteiger partial charge in [-0.05, 0) is 31.5 Å². The van der Waals surface area contributed by atoms with Crippen molar-refractivity contribution in [2.75, 3.05) is 11.1 Å². The van der Waals surface area contributed by atoms with E-state index in [4.69, 9.17) is 4.42 Å². The zero-order valence-corrected chi connectivity index (χ0v) is 17.9. The molecule has 3 heterocycles. The van der Waals surface area contributed by atoms with Gasteiger partial charge in [0, 0.05) is 23.1 Å². The van der Waals surface area contributed by atoms with Crippen LogP contribution in [0.4, 0.5) is 5.82 Å². The summed E-state index contributed by atoms with van der Waals surface area (Å²) in [6, 6.07) is 15.2. The van der Waals surface area contributed by atoms with Gasteiger partial charge in [0.15, 0.2) is 5.76 Å². The zero-order valence-electron chi connectivity index (χ0n) is 17.1. The normalized spacial score (nSPS) is 10.9. The van der Waals surface area contributed by atoms with E-state index in [0.717, 1.165) is 11.3 Å². The van der Waals surface area contributed by atoms with Crippen molar-refractivity contribution in [2.24, 2.45) is 0 Å². The third-order valence-electron chi connectivity index (χ3n) is 4.68. The lowest BCUT2D eigenvalue weighted by atomic mass is 10.2. The molecule has 4 aromatic rings. The van der Waals surface area contributed by atoms with Gasteiger partial charge in [-0.15, -0.1) is 11.8 Å². The second-order valence-electron chi connectivity index (χ2n) is 6.93. The maximum Gasteiger partial charge on any atom is 0.255 e. The highest BCUT2D eigenvalue weighted by molar-refractivity contribution is 7.99. The number of carbonyl (C=O) groups is 1. The third kappa shape index (κ3) is 4.77. The van der Waals surface area contributed by atoms with Crippen LogP contribution in [0.15, 0.2) is 64.0 Å². The number of aromatic nitrogens is 4. The molecule has 1 aromatic carbocycles. The van der Waals surface area contributed by atoms with Gasteiger partial charge in [-0.1, -0.05) is 30.3 Å². The Morgan fingerprint density at radius 1 is 1.19 bits per heavy atom. The van der Waals surface area contributed by atoms with Gasteiger partial charge in [0.05, 0.1) is 12.0 Å². The predicted octanol–water partition coefficient (Wildman–Crippen LogP) is 3.70. The summed E-state index contributed by atoms with van der Waals surface area (Å²) in [5.74, 6) is 1.98. The van der Waals surface area contributed by atoms with E-state index in [1.807, 2.05) is 30.3 Å². The van der Waals surface area contributed by atoms with Crippen molar-refractivity contribution in [3.63, 3.8) is 0 Å². The first-order valence-electron chi connectivity index (χ1n) is 9.64. The number of aromatic amines is 1. The molecule has 1 amide bonds. The van der Waals surface area contributed by atoms with Gasteiger partial charge >= 0.3 is 0 Å². The molecule has 4 rings (SSSR count). The van der Waals surface area contributed by atoms with Crippen LogP contribution in [-0.4, -0.2) is 31.4 Å². The van der Waals surface area contributed by atoms with E-state index >= 15 is 0 Å². The molecule has 0 aliphatic carbocycles. The minimum Gasteiger partial charge on any atom is -0.463 e. The molecule has 0 saturated carbocycles. The average molecular weight is 436 g/mol. The van der Waals surface area contributed by atoms with Crippen molar-refractivity contribution in [1.82, 2.24) is 19.7 Å². The Balaban J connectivity index is 1.57. The van der Waals surface area contributed by atoms with Crippen LogP contribution in [-0.2, 0) is 10.5 Å². The van der Waals surface area contributed by atoms with Gasteiger partial charge in [-0.25, -0.2) is 4.98 Å². The van der Waals surface area contributed by atoms with Crippen LogP contribution in [0.25, 0.3) is 17.4 Å². The average Bonchev–Trinajstić information content (AvgIpc) is 3.42. The molecular weight excluding hydrogens is 414 g/mol. The highest BCUT2D eigenvalue weighted by Crippen LogP contribution is 2.24. The molecule has 0 spiro atoms. The fourth-order valence-electron chi connectivity index (χ4n) is 2.92. The van der Waals surface area contributed by atoms with Gasteiger partial charge in [0.1, 0.15) is 11.5 Å². The molecule has 31 heavy (non-hydrogen) atoms. The van der Waals surface area contributed by atoms with Crippen LogP contribution in [0.5, 0.6) is 0 Å². The van der Waals surface area contributed by atoms with Crippen molar-refractivity contribution in [3.05, 3.63) is 82.0 Å². The van der Waals surface area contributed by atoms with Gasteiger partial charge in [-0.2, -0.15) is 9.78 Å². The number of nitrogens with zero attached hydrogens (tertiary/aromatic N) is 3. The molecule has 0 fully saturated rings. The molecule has 3 aromatic heterocycles. The molecule has 0 aliphatic rings. The van der Waals surface area contributed by atoms with Crippen molar-refractivity contribution in [1.29, 1.82) is 0 Å². The largest absolute Gasteiger partial charge is 0.463 e. The summed E-state index contributed by atoms with van der Waals surface area (Å²) >= 11 is 1.51. The summed E-state index contributed by atoms with van der Waals surface area (Å²) in [6.45, 7) is 3.46. The Bertz CT molecular complexity index is 1250. The number of H-pyrrole nitrogens is 1. The van der Waals surface area contributed by atoms with E-state index in [0.29, 0.717) is 28.5 Å². The molecule has 0 atom stereocenters. The second kappa shape index (κ2) is 9.05. The summed E-state index contributed by atoms with van der Waals surface area (Å²) < 4.78 is 6.83. The van der Waals surface area contributed by atoms with Crippen LogP contribution in [0.1, 0.15) is 16.8 Å². The van der Waals surface area contributed by atoms with Gasteiger partial charge in [0.2, 0.25) is 11.9 Å². The Morgan fingerprint density at radius 3 is 2.71 bits per heavy atom. The van der Waals surface area contributed by atoms with Crippen LogP contribution >= 0.6 is 11.8 Å². The van der Waals surface area contributed by atoms with Crippen molar-refractivity contribution in [2.45, 2.75) is 19.6 Å². The lowest BCUT2D eigenvalue weighted by Crippen LogP contribution is -2.21. The minimum atomic E-state index is -0.256. The molecule has 0 aliphatic heterocycles. The molecule has 2 N–H and O–H groups in total. The molecule has 0 saturated heterocycles. The van der Waals surface area contributed by atoms with Crippen molar-refractivity contribution in [3.8, 4) is 17.4 Å². The summed E-state index contributed by atoms with van der Waals surface area (Å²) in [6.07, 6.45) is 1.54. The number of rotatable bonds is 7. The highest BCUT2D eigenvalue weighted by Gasteiger charge is 2.17. The molecule has 0 radical (unpaired) electrons. The summed E-state index contributed by atoms with van der Waals surface area (Å²) in [7, 11) is 0. The highest BCUT2D eigenvalue weighted by atomic mass is 32.2. The Labute approximate surface area is 182 Å². The molecule has 0 bridgehead atoms. The summed E-state index contributed by atoms with van der Waals surface area (Å²) in [5, 5.41) is 7.35. The number of furan rings is 1. The number of nitrogens with one attached hydrogen (secondary N) is 2. The Morgan fingerprint density at radius 2 is 2.00 bits per heavy atom. The maximum atomic E-state index is 12.6. The van der Waals surface area contributed by atoms with Crippen LogP contribution < -0.4 is 10.9 Å². The molecule has 158 valence electrons. The number of anilines is 1. The van der Waals surface area contributed by atoms with Crippen molar-refractivity contribution < 1.29 is 9.21 Å². The number of carbonyl (C=O) groups excluding carboxylic acids is 1. The monoisotopic (exact) mass is 435 g/mol. The topological polar surface area (TPSA) is 106 Å². The first kappa shape index (κ1) is 20.7. The van der Waals surface area contributed by atoms with Gasteiger partial charge < -0.3 is 9.73 Å². The Hall–Kier alpha value is -3.59. The van der Waals surface area contributed by atoms with E-state index in [1.54, 1.807) is 38.3 Å². The van der Waals surface area contributed by atoms with Gasteiger partial charge in [-0.3, -0.25) is 14.6 Å². The third-order valence-corrected chi connectivity index (χ3v) is 5.68. The number of benzene rings is 1. The fraction of sp³-hybridized carbons (Fsp3) is 0.182. The quantitative estimate of drug-likeness (QED) is 0.458. The maximum absolute atomic E-state index is 12.6. The summed E-state index contributed by atoms with van der Waals surface area (Å²) in [4.78, 5) is 32.0. The van der Waals surface area contributed by atoms with E-state index in [-0.39, 0.29) is 23.2 Å². The lowest BCUT2D eigenvalue weighted by molar-refractivity contribution is -0.113. The van der Waals surface area contributed by atoms with Gasteiger partial charge in [0.25, 0.3) is 5.56 Å². The van der Waals surface area contributed by atoms with Crippen molar-refractivity contribution >= 4 is 23.5 Å². The van der Waals surface area contributed by atoms with E-state index in [9.17, 15) is 9.59 Å². The first-order chi connectivity index (χ1) is 15.0. The predicted molar refractivity (Wildman–Crippen MR) is 120 cm³/mol. The fourth-order valence-corrected chi connectivity index (χ4v) is 3.71. The minimum absolute atomic E-state index is 0.181. The number of amides is 1. The Kier molecular flexibility index (Phi) is 6.03. The lowest BCUT2D eigenvalue weighted by Gasteiger charge is -2.09. The standard InChI is InChI=1S/C22H21N5O3S/c1-14-15(2)23-22(25-21(14)29)27-19(11-17(26-27)18-9-6-10-30-18)24-20(28)13-31-12-16-7-4-3-5-8-16/h3-11H,12-13H2,1-2H3,(H,24,28)(H,23,25,29). The molecule has 0 unspecified atom stereocenters. The molecule has 9 heteroatoms. The number of aryl methyl sites for hydroxylation is 1. The molecular formula is C22H21N5O3S. The summed E-state index contributed by atoms with van der Waals surface area (Å²) in [5.41, 5.74) is 2.53. The van der Waals surface area contributed by atoms with E-state index in [1.165, 1.54) is 16.4 Å².